The minimum absolute atomic E-state index is 0.000737. The highest BCUT2D eigenvalue weighted by Gasteiger charge is 2.14. The normalized spacial score (nSPS) is 10.6. The zero-order valence-electron chi connectivity index (χ0n) is 16.1. The Morgan fingerprint density at radius 3 is 2.59 bits per heavy atom. The molecular formula is C20H21FN4O3S. The summed E-state index contributed by atoms with van der Waals surface area (Å²) in [7, 11) is 3.41. The van der Waals surface area contributed by atoms with E-state index in [1.165, 1.54) is 23.9 Å². The Kier molecular flexibility index (Phi) is 7.07. The minimum Gasteiger partial charge on any atom is -0.497 e. The van der Waals surface area contributed by atoms with Crippen LogP contribution in [0.3, 0.4) is 0 Å². The molecule has 1 heterocycles. The smallest absolute Gasteiger partial charge is 0.232 e. The van der Waals surface area contributed by atoms with Gasteiger partial charge in [0, 0.05) is 12.8 Å². The van der Waals surface area contributed by atoms with Crippen molar-refractivity contribution in [2.45, 2.75) is 11.6 Å². The molecule has 2 aromatic carbocycles. The van der Waals surface area contributed by atoms with Crippen LogP contribution in [0.1, 0.15) is 5.82 Å². The number of nitrogens with one attached hydrogen (secondary N) is 1. The van der Waals surface area contributed by atoms with E-state index in [9.17, 15) is 9.18 Å². The predicted molar refractivity (Wildman–Crippen MR) is 109 cm³/mol. The van der Waals surface area contributed by atoms with Gasteiger partial charge in [-0.1, -0.05) is 23.9 Å². The van der Waals surface area contributed by atoms with Gasteiger partial charge in [0.2, 0.25) is 5.91 Å². The summed E-state index contributed by atoms with van der Waals surface area (Å²) in [5.41, 5.74) is 0.143. The van der Waals surface area contributed by atoms with Gasteiger partial charge in [0.1, 0.15) is 23.1 Å². The first-order chi connectivity index (χ1) is 14.1. The van der Waals surface area contributed by atoms with E-state index in [1.54, 1.807) is 30.9 Å². The molecule has 0 bridgehead atoms. The van der Waals surface area contributed by atoms with Crippen molar-refractivity contribution in [3.05, 3.63) is 60.2 Å². The number of carbonyl (C=O) groups excluding carboxylic acids is 1. The third-order valence-electron chi connectivity index (χ3n) is 4.03. The van der Waals surface area contributed by atoms with Crippen LogP contribution in [0.4, 0.5) is 10.1 Å². The van der Waals surface area contributed by atoms with Crippen LogP contribution in [0.2, 0.25) is 0 Å². The van der Waals surface area contributed by atoms with E-state index >= 15 is 0 Å². The van der Waals surface area contributed by atoms with Crippen LogP contribution < -0.4 is 14.8 Å². The van der Waals surface area contributed by atoms with Crippen LogP contribution >= 0.6 is 11.8 Å². The lowest BCUT2D eigenvalue weighted by molar-refractivity contribution is -0.115. The summed E-state index contributed by atoms with van der Waals surface area (Å²) in [5.74, 6) is 1.86. The maximum absolute atomic E-state index is 13.6. The van der Waals surface area contributed by atoms with E-state index in [2.05, 4.69) is 15.5 Å². The largest absolute Gasteiger partial charge is 0.497 e. The number of nitrogens with zero attached hydrogens (tertiary/aromatic N) is 3. The number of thioether (sulfide) groups is 1. The Bertz CT molecular complexity index is 963. The topological polar surface area (TPSA) is 78.3 Å². The maximum atomic E-state index is 13.6. The average Bonchev–Trinajstić information content (AvgIpc) is 3.07. The van der Waals surface area contributed by atoms with Crippen molar-refractivity contribution in [1.82, 2.24) is 14.8 Å². The van der Waals surface area contributed by atoms with Crippen molar-refractivity contribution in [3.63, 3.8) is 0 Å². The van der Waals surface area contributed by atoms with Crippen LogP contribution in [0.15, 0.2) is 53.7 Å². The van der Waals surface area contributed by atoms with E-state index in [0.29, 0.717) is 23.3 Å². The van der Waals surface area contributed by atoms with Crippen molar-refractivity contribution in [2.24, 2.45) is 7.05 Å². The van der Waals surface area contributed by atoms with Crippen molar-refractivity contribution >= 4 is 23.4 Å². The van der Waals surface area contributed by atoms with Gasteiger partial charge in [-0.25, -0.2) is 4.39 Å². The fourth-order valence-corrected chi connectivity index (χ4v) is 3.24. The molecule has 0 radical (unpaired) electrons. The quantitative estimate of drug-likeness (QED) is 0.426. The van der Waals surface area contributed by atoms with Crippen LogP contribution in [-0.2, 0) is 18.3 Å². The lowest BCUT2D eigenvalue weighted by Gasteiger charge is -2.08. The SMILES string of the molecule is COc1ccc(OCCSc2nnc(CC(=O)Nc3ccccc3F)n2C)cc1. The maximum Gasteiger partial charge on any atom is 0.232 e. The number of hydrogen-bond acceptors (Lipinski definition) is 6. The molecule has 152 valence electrons. The molecule has 1 amide bonds. The van der Waals surface area contributed by atoms with Gasteiger partial charge in [-0.2, -0.15) is 0 Å². The Hall–Kier alpha value is -3.07. The number of benzene rings is 2. The average molecular weight is 416 g/mol. The van der Waals surface area contributed by atoms with Gasteiger partial charge >= 0.3 is 0 Å². The van der Waals surface area contributed by atoms with E-state index < -0.39 is 5.82 Å². The lowest BCUT2D eigenvalue weighted by atomic mass is 10.3. The second-order valence-corrected chi connectivity index (χ2v) is 7.10. The molecular weight excluding hydrogens is 395 g/mol. The van der Waals surface area contributed by atoms with E-state index in [0.717, 1.165) is 11.5 Å². The van der Waals surface area contributed by atoms with Crippen LogP contribution in [-0.4, -0.2) is 40.1 Å². The van der Waals surface area contributed by atoms with E-state index in [1.807, 2.05) is 24.3 Å². The molecule has 0 saturated heterocycles. The summed E-state index contributed by atoms with van der Waals surface area (Å²) in [4.78, 5) is 12.2. The standard InChI is InChI=1S/C20H21FN4O3S/c1-25-18(13-19(26)22-17-6-4-3-5-16(17)21)23-24-20(25)29-12-11-28-15-9-7-14(27-2)8-10-15/h3-10H,11-13H2,1-2H3,(H,22,26). The number of carbonyl (C=O) groups is 1. The van der Waals surface area contributed by atoms with Crippen LogP contribution in [0, 0.1) is 5.82 Å². The molecule has 3 aromatic rings. The third kappa shape index (κ3) is 5.71. The summed E-state index contributed by atoms with van der Waals surface area (Å²) in [6.07, 6.45) is 0.000737. The fraction of sp³-hybridized carbons (Fsp3) is 0.250. The minimum atomic E-state index is -0.480. The zero-order valence-corrected chi connectivity index (χ0v) is 16.9. The molecule has 0 aliphatic carbocycles. The number of rotatable bonds is 9. The van der Waals surface area contributed by atoms with Gasteiger partial charge in [-0.15, -0.1) is 10.2 Å². The molecule has 0 aliphatic rings. The monoisotopic (exact) mass is 416 g/mol. The Morgan fingerprint density at radius 2 is 1.86 bits per heavy atom. The van der Waals surface area contributed by atoms with Crippen molar-refractivity contribution in [2.75, 3.05) is 24.8 Å². The Morgan fingerprint density at radius 1 is 1.14 bits per heavy atom. The molecule has 0 saturated carbocycles. The third-order valence-corrected chi connectivity index (χ3v) is 5.02. The van der Waals surface area contributed by atoms with Crippen molar-refractivity contribution in [3.8, 4) is 11.5 Å². The van der Waals surface area contributed by atoms with Gasteiger partial charge in [0.25, 0.3) is 0 Å². The van der Waals surface area contributed by atoms with Crippen molar-refractivity contribution in [1.29, 1.82) is 0 Å². The summed E-state index contributed by atoms with van der Waals surface area (Å²) < 4.78 is 26.2. The number of halogens is 1. The number of anilines is 1. The Labute approximate surface area is 172 Å². The molecule has 0 fully saturated rings. The predicted octanol–water partition coefficient (Wildman–Crippen LogP) is 3.32. The first kappa shape index (κ1) is 20.7. The van der Waals surface area contributed by atoms with Gasteiger partial charge in [0.15, 0.2) is 5.16 Å². The number of aromatic nitrogens is 3. The van der Waals surface area contributed by atoms with Gasteiger partial charge < -0.3 is 19.4 Å². The highest BCUT2D eigenvalue weighted by molar-refractivity contribution is 7.99. The first-order valence-electron chi connectivity index (χ1n) is 8.89. The molecule has 3 rings (SSSR count). The molecule has 1 N–H and O–H groups in total. The summed E-state index contributed by atoms with van der Waals surface area (Å²) in [6, 6.07) is 13.4. The fourth-order valence-electron chi connectivity index (χ4n) is 2.49. The van der Waals surface area contributed by atoms with Gasteiger partial charge in [0.05, 0.1) is 25.8 Å². The molecule has 0 spiro atoms. The number of methoxy groups -OCH3 is 1. The number of amides is 1. The second-order valence-electron chi connectivity index (χ2n) is 6.04. The lowest BCUT2D eigenvalue weighted by Crippen LogP contribution is -2.17. The summed E-state index contributed by atoms with van der Waals surface area (Å²) in [6.45, 7) is 0.493. The summed E-state index contributed by atoms with van der Waals surface area (Å²) >= 11 is 1.48. The zero-order chi connectivity index (χ0) is 20.6. The molecule has 7 nitrogen and oxygen atoms in total. The van der Waals surface area contributed by atoms with E-state index in [-0.39, 0.29) is 18.0 Å². The molecule has 0 aliphatic heterocycles. The number of hydrogen-bond donors (Lipinski definition) is 1. The molecule has 0 atom stereocenters. The molecule has 29 heavy (non-hydrogen) atoms. The molecule has 9 heteroatoms. The summed E-state index contributed by atoms with van der Waals surface area (Å²) in [5, 5.41) is 11.4. The first-order valence-corrected chi connectivity index (χ1v) is 9.87. The van der Waals surface area contributed by atoms with Crippen LogP contribution in [0.5, 0.6) is 11.5 Å². The van der Waals surface area contributed by atoms with E-state index in [4.69, 9.17) is 9.47 Å². The Balaban J connectivity index is 1.47. The van der Waals surface area contributed by atoms with Crippen molar-refractivity contribution < 1.29 is 18.7 Å². The highest BCUT2D eigenvalue weighted by Crippen LogP contribution is 2.19. The number of para-hydroxylation sites is 1. The molecule has 0 unspecified atom stereocenters. The molecule has 1 aromatic heterocycles. The highest BCUT2D eigenvalue weighted by atomic mass is 32.2. The van der Waals surface area contributed by atoms with Crippen LogP contribution in [0.25, 0.3) is 0 Å². The second kappa shape index (κ2) is 9.92. The number of ether oxygens (including phenoxy) is 2. The van der Waals surface area contributed by atoms with Gasteiger partial charge in [-0.05, 0) is 36.4 Å². The van der Waals surface area contributed by atoms with Gasteiger partial charge in [-0.3, -0.25) is 4.79 Å².